The molecule has 0 unspecified atom stereocenters. The Morgan fingerprint density at radius 2 is 2.09 bits per heavy atom. The van der Waals surface area contributed by atoms with E-state index in [-0.39, 0.29) is 12.3 Å². The van der Waals surface area contributed by atoms with Crippen molar-refractivity contribution in [2.45, 2.75) is 6.42 Å². The number of carbonyl (C=O) groups excluding carboxylic acids is 1. The lowest BCUT2D eigenvalue weighted by molar-refractivity contribution is -0.115. The molecule has 0 bridgehead atoms. The third kappa shape index (κ3) is 5.44. The van der Waals surface area contributed by atoms with Gasteiger partial charge in [-0.2, -0.15) is 0 Å². The number of benzene rings is 1. The Morgan fingerprint density at radius 3 is 2.97 bits per heavy atom. The summed E-state index contributed by atoms with van der Waals surface area (Å²) in [6.45, 7) is 5.92. The molecule has 1 aliphatic rings. The van der Waals surface area contributed by atoms with Crippen LogP contribution in [0.2, 0.25) is 0 Å². The van der Waals surface area contributed by atoms with Crippen LogP contribution in [-0.4, -0.2) is 77.0 Å². The van der Waals surface area contributed by atoms with E-state index in [1.165, 1.54) is 11.3 Å². The molecule has 1 aromatic carbocycles. The Morgan fingerprint density at radius 1 is 1.21 bits per heavy atom. The van der Waals surface area contributed by atoms with Gasteiger partial charge in [0, 0.05) is 61.4 Å². The summed E-state index contributed by atoms with van der Waals surface area (Å²) in [5, 5.41) is 6.46. The lowest BCUT2D eigenvalue weighted by Gasteiger charge is -2.32. The van der Waals surface area contributed by atoms with E-state index in [0.717, 1.165) is 66.3 Å². The Kier molecular flexibility index (Phi) is 6.84. The maximum atomic E-state index is 12.6. The van der Waals surface area contributed by atoms with Crippen LogP contribution in [0.5, 0.6) is 5.75 Å². The number of aromatic amines is 1. The zero-order chi connectivity index (χ0) is 23.3. The standard InChI is InChI=1S/C25H28N6O2S/c1-30-8-10-31(11-9-30)12-13-33-19-5-2-4-18(14-19)15-23(32)29-25-28-22(17-34-25)21-16-27-24-20(21)6-3-7-26-24/h2-7,14,16-17H,8-13,15H2,1H3,(H,26,27)(H,28,29,32). The van der Waals surface area contributed by atoms with Gasteiger partial charge in [0.25, 0.3) is 0 Å². The minimum absolute atomic E-state index is 0.101. The van der Waals surface area contributed by atoms with Crippen LogP contribution in [0.3, 0.4) is 0 Å². The number of piperazine rings is 1. The number of nitrogens with zero attached hydrogens (tertiary/aromatic N) is 4. The number of hydrogen-bond donors (Lipinski definition) is 2. The number of aromatic nitrogens is 3. The summed E-state index contributed by atoms with van der Waals surface area (Å²) in [5.41, 5.74) is 3.52. The number of fused-ring (bicyclic) bond motifs is 1. The van der Waals surface area contributed by atoms with Crippen LogP contribution in [0.25, 0.3) is 22.3 Å². The third-order valence-corrected chi connectivity index (χ3v) is 6.77. The lowest BCUT2D eigenvalue weighted by atomic mass is 10.1. The highest BCUT2D eigenvalue weighted by molar-refractivity contribution is 7.14. The largest absolute Gasteiger partial charge is 0.492 e. The van der Waals surface area contributed by atoms with Crippen molar-refractivity contribution in [3.8, 4) is 17.0 Å². The number of likely N-dealkylation sites (N-methyl/N-ethyl adjacent to an activating group) is 1. The summed E-state index contributed by atoms with van der Waals surface area (Å²) < 4.78 is 5.95. The highest BCUT2D eigenvalue weighted by Gasteiger charge is 2.14. The molecule has 4 heterocycles. The molecule has 0 radical (unpaired) electrons. The first kappa shape index (κ1) is 22.5. The predicted molar refractivity (Wildman–Crippen MR) is 135 cm³/mol. The lowest BCUT2D eigenvalue weighted by Crippen LogP contribution is -2.45. The molecule has 34 heavy (non-hydrogen) atoms. The summed E-state index contributed by atoms with van der Waals surface area (Å²) in [4.78, 5) is 29.5. The molecular formula is C25H28N6O2S. The van der Waals surface area contributed by atoms with Gasteiger partial charge in [-0.1, -0.05) is 12.1 Å². The van der Waals surface area contributed by atoms with Crippen LogP contribution in [-0.2, 0) is 11.2 Å². The molecule has 3 aromatic heterocycles. The number of ether oxygens (including phenoxy) is 1. The van der Waals surface area contributed by atoms with E-state index in [0.29, 0.717) is 11.7 Å². The van der Waals surface area contributed by atoms with Crippen molar-refractivity contribution < 1.29 is 9.53 Å². The van der Waals surface area contributed by atoms with Crippen molar-refractivity contribution in [3.63, 3.8) is 0 Å². The van der Waals surface area contributed by atoms with Crippen LogP contribution in [0.4, 0.5) is 5.13 Å². The molecule has 1 saturated heterocycles. The molecule has 1 aliphatic heterocycles. The number of rotatable bonds is 8. The molecule has 1 fully saturated rings. The van der Waals surface area contributed by atoms with Crippen LogP contribution >= 0.6 is 11.3 Å². The monoisotopic (exact) mass is 476 g/mol. The molecule has 8 nitrogen and oxygen atoms in total. The van der Waals surface area contributed by atoms with E-state index < -0.39 is 0 Å². The second kappa shape index (κ2) is 10.3. The maximum absolute atomic E-state index is 12.6. The number of amides is 1. The summed E-state index contributed by atoms with van der Waals surface area (Å²) in [5.74, 6) is 0.694. The Hall–Kier alpha value is -3.27. The zero-order valence-electron chi connectivity index (χ0n) is 19.2. The van der Waals surface area contributed by atoms with Gasteiger partial charge in [-0.3, -0.25) is 9.69 Å². The van der Waals surface area contributed by atoms with Crippen LogP contribution in [0.15, 0.2) is 54.2 Å². The maximum Gasteiger partial charge on any atom is 0.230 e. The van der Waals surface area contributed by atoms with Crippen molar-refractivity contribution in [2.24, 2.45) is 0 Å². The molecular weight excluding hydrogens is 448 g/mol. The number of H-pyrrole nitrogens is 1. The number of thiazole rings is 1. The highest BCUT2D eigenvalue weighted by atomic mass is 32.1. The Bertz CT molecular complexity index is 1260. The molecule has 0 atom stereocenters. The fraction of sp³-hybridized carbons (Fsp3) is 0.320. The minimum atomic E-state index is -0.101. The van der Waals surface area contributed by atoms with Crippen molar-refractivity contribution in [3.05, 3.63) is 59.7 Å². The zero-order valence-corrected chi connectivity index (χ0v) is 20.0. The van der Waals surface area contributed by atoms with Gasteiger partial charge in [0.15, 0.2) is 5.13 Å². The molecule has 1 amide bonds. The van der Waals surface area contributed by atoms with E-state index in [1.54, 1.807) is 6.20 Å². The fourth-order valence-corrected chi connectivity index (χ4v) is 4.81. The first-order valence-corrected chi connectivity index (χ1v) is 12.3. The van der Waals surface area contributed by atoms with Gasteiger partial charge in [0.1, 0.15) is 18.0 Å². The summed E-state index contributed by atoms with van der Waals surface area (Å²) in [6.07, 6.45) is 3.91. The van der Waals surface area contributed by atoms with Gasteiger partial charge in [-0.15, -0.1) is 11.3 Å². The Balaban J connectivity index is 1.14. The van der Waals surface area contributed by atoms with Crippen molar-refractivity contribution in [1.29, 1.82) is 0 Å². The second-order valence-electron chi connectivity index (χ2n) is 8.51. The van der Waals surface area contributed by atoms with Gasteiger partial charge in [0.2, 0.25) is 5.91 Å². The van der Waals surface area contributed by atoms with Gasteiger partial charge >= 0.3 is 0 Å². The molecule has 0 saturated carbocycles. The van der Waals surface area contributed by atoms with Crippen LogP contribution in [0.1, 0.15) is 5.56 Å². The van der Waals surface area contributed by atoms with E-state index in [4.69, 9.17) is 4.74 Å². The van der Waals surface area contributed by atoms with E-state index in [1.807, 2.05) is 48.0 Å². The van der Waals surface area contributed by atoms with Gasteiger partial charge in [-0.05, 0) is 36.9 Å². The smallest absolute Gasteiger partial charge is 0.230 e. The molecule has 9 heteroatoms. The summed E-state index contributed by atoms with van der Waals surface area (Å²) in [7, 11) is 2.16. The number of carbonyl (C=O) groups is 1. The molecule has 4 aromatic rings. The van der Waals surface area contributed by atoms with Crippen molar-refractivity contribution >= 4 is 33.4 Å². The molecule has 2 N–H and O–H groups in total. The van der Waals surface area contributed by atoms with E-state index in [9.17, 15) is 4.79 Å². The number of hydrogen-bond acceptors (Lipinski definition) is 7. The van der Waals surface area contributed by atoms with E-state index in [2.05, 4.69) is 37.1 Å². The number of nitrogens with one attached hydrogen (secondary N) is 2. The first-order chi connectivity index (χ1) is 16.6. The van der Waals surface area contributed by atoms with Crippen molar-refractivity contribution in [2.75, 3.05) is 51.7 Å². The van der Waals surface area contributed by atoms with Crippen LogP contribution < -0.4 is 10.1 Å². The SMILES string of the molecule is CN1CCN(CCOc2cccc(CC(=O)Nc3nc(-c4c[nH]c5ncccc45)cs3)c2)CC1. The first-order valence-electron chi connectivity index (χ1n) is 11.4. The van der Waals surface area contributed by atoms with E-state index >= 15 is 0 Å². The fourth-order valence-electron chi connectivity index (χ4n) is 4.08. The molecule has 0 spiro atoms. The average Bonchev–Trinajstić information content (AvgIpc) is 3.47. The average molecular weight is 477 g/mol. The van der Waals surface area contributed by atoms with Gasteiger partial charge < -0.3 is 19.9 Å². The minimum Gasteiger partial charge on any atom is -0.492 e. The van der Waals surface area contributed by atoms with Gasteiger partial charge in [0.05, 0.1) is 12.1 Å². The Labute approximate surface area is 202 Å². The topological polar surface area (TPSA) is 86.4 Å². The van der Waals surface area contributed by atoms with Crippen LogP contribution in [0, 0.1) is 0 Å². The predicted octanol–water partition coefficient (Wildman–Crippen LogP) is 3.49. The summed E-state index contributed by atoms with van der Waals surface area (Å²) in [6, 6.07) is 11.7. The number of pyridine rings is 1. The molecule has 5 rings (SSSR count). The quantitative estimate of drug-likeness (QED) is 0.405. The third-order valence-electron chi connectivity index (χ3n) is 6.01. The second-order valence-corrected chi connectivity index (χ2v) is 9.36. The van der Waals surface area contributed by atoms with Gasteiger partial charge in [-0.25, -0.2) is 9.97 Å². The molecule has 176 valence electrons. The normalized spacial score (nSPS) is 15.0. The molecule has 0 aliphatic carbocycles. The highest BCUT2D eigenvalue weighted by Crippen LogP contribution is 2.30. The number of anilines is 1. The van der Waals surface area contributed by atoms with Crippen molar-refractivity contribution in [1.82, 2.24) is 24.8 Å². The summed E-state index contributed by atoms with van der Waals surface area (Å²) >= 11 is 1.41.